The number of nitrogens with two attached hydrogens (primary N) is 1. The van der Waals surface area contributed by atoms with Crippen molar-refractivity contribution in [3.8, 4) is 5.88 Å². The van der Waals surface area contributed by atoms with Crippen LogP contribution in [0, 0.1) is 0 Å². The highest BCUT2D eigenvalue weighted by Gasteiger charge is 2.21. The van der Waals surface area contributed by atoms with Crippen LogP contribution in [0.25, 0.3) is 0 Å². The molecule has 18 heavy (non-hydrogen) atoms. The summed E-state index contributed by atoms with van der Waals surface area (Å²) in [7, 11) is 0. The molecule has 2 N–H and O–H groups in total. The molecule has 2 rings (SSSR count). The second-order valence-corrected chi connectivity index (χ2v) is 4.22. The number of anilines is 1. The maximum absolute atomic E-state index is 5.62. The van der Waals surface area contributed by atoms with E-state index < -0.39 is 0 Å². The lowest BCUT2D eigenvalue weighted by Gasteiger charge is -2.32. The second-order valence-electron chi connectivity index (χ2n) is 4.22. The average molecular weight is 252 g/mol. The molecule has 6 heteroatoms. The normalized spacial score (nSPS) is 19.9. The molecule has 6 nitrogen and oxygen atoms in total. The Bertz CT molecular complexity index is 375. The Hall–Kier alpha value is -1.40. The van der Waals surface area contributed by atoms with Crippen LogP contribution in [0.15, 0.2) is 12.3 Å². The van der Waals surface area contributed by atoms with Gasteiger partial charge in [0.05, 0.1) is 19.3 Å². The predicted molar refractivity (Wildman–Crippen MR) is 68.8 cm³/mol. The Morgan fingerprint density at radius 1 is 1.61 bits per heavy atom. The summed E-state index contributed by atoms with van der Waals surface area (Å²) in [6.07, 6.45) is 2.74. The van der Waals surface area contributed by atoms with Crippen molar-refractivity contribution >= 4 is 5.95 Å². The van der Waals surface area contributed by atoms with Crippen LogP contribution in [0.3, 0.4) is 0 Å². The zero-order valence-corrected chi connectivity index (χ0v) is 10.7. The molecular weight excluding hydrogens is 232 g/mol. The van der Waals surface area contributed by atoms with Gasteiger partial charge in [-0.3, -0.25) is 0 Å². The van der Waals surface area contributed by atoms with E-state index in [0.717, 1.165) is 19.5 Å². The number of hydrogen-bond donors (Lipinski definition) is 1. The van der Waals surface area contributed by atoms with E-state index in [1.54, 1.807) is 12.3 Å². The molecule has 0 bridgehead atoms. The topological polar surface area (TPSA) is 73.5 Å². The van der Waals surface area contributed by atoms with E-state index in [9.17, 15) is 0 Å². The van der Waals surface area contributed by atoms with E-state index in [4.69, 9.17) is 15.2 Å². The first-order chi connectivity index (χ1) is 8.83. The van der Waals surface area contributed by atoms with Crippen molar-refractivity contribution < 1.29 is 9.47 Å². The van der Waals surface area contributed by atoms with Crippen molar-refractivity contribution in [1.29, 1.82) is 0 Å². The maximum Gasteiger partial charge on any atom is 0.228 e. The maximum atomic E-state index is 5.62. The monoisotopic (exact) mass is 252 g/mol. The Morgan fingerprint density at radius 2 is 2.50 bits per heavy atom. The van der Waals surface area contributed by atoms with Crippen molar-refractivity contribution in [3.05, 3.63) is 12.3 Å². The summed E-state index contributed by atoms with van der Waals surface area (Å²) < 4.78 is 11.0. The quantitative estimate of drug-likeness (QED) is 0.819. The lowest BCUT2D eigenvalue weighted by molar-refractivity contribution is 0.0459. The molecule has 0 aromatic carbocycles. The minimum Gasteiger partial charge on any atom is -0.478 e. The third-order valence-electron chi connectivity index (χ3n) is 2.76. The van der Waals surface area contributed by atoms with Gasteiger partial charge in [-0.1, -0.05) is 6.92 Å². The van der Waals surface area contributed by atoms with Crippen LogP contribution in [0.5, 0.6) is 5.88 Å². The van der Waals surface area contributed by atoms with Gasteiger partial charge < -0.3 is 20.1 Å². The summed E-state index contributed by atoms with van der Waals surface area (Å²) in [5.41, 5.74) is 5.62. The van der Waals surface area contributed by atoms with Gasteiger partial charge >= 0.3 is 0 Å². The van der Waals surface area contributed by atoms with Crippen LogP contribution >= 0.6 is 0 Å². The third kappa shape index (κ3) is 3.30. The molecule has 1 aliphatic rings. The third-order valence-corrected chi connectivity index (χ3v) is 2.76. The van der Waals surface area contributed by atoms with Gasteiger partial charge in [0.25, 0.3) is 0 Å². The molecule has 0 spiro atoms. The summed E-state index contributed by atoms with van der Waals surface area (Å²) in [4.78, 5) is 10.8. The number of aromatic nitrogens is 2. The van der Waals surface area contributed by atoms with E-state index in [1.165, 1.54) is 0 Å². The van der Waals surface area contributed by atoms with Crippen molar-refractivity contribution in [1.82, 2.24) is 9.97 Å². The highest BCUT2D eigenvalue weighted by Crippen LogP contribution is 2.15. The summed E-state index contributed by atoms with van der Waals surface area (Å²) >= 11 is 0. The largest absolute Gasteiger partial charge is 0.478 e. The van der Waals surface area contributed by atoms with E-state index in [0.29, 0.717) is 31.6 Å². The Kier molecular flexibility index (Phi) is 4.72. The number of ether oxygens (including phenoxy) is 2. The Balaban J connectivity index is 2.02. The fourth-order valence-electron chi connectivity index (χ4n) is 1.82. The first-order valence-electron chi connectivity index (χ1n) is 6.36. The summed E-state index contributed by atoms with van der Waals surface area (Å²) in [5, 5.41) is 0. The lowest BCUT2D eigenvalue weighted by Crippen LogP contribution is -2.46. The SMILES string of the molecule is CCCOc1ccnc(N2CCOC(CN)C2)n1. The fraction of sp³-hybridized carbons (Fsp3) is 0.667. The smallest absolute Gasteiger partial charge is 0.228 e. The molecule has 1 atom stereocenters. The van der Waals surface area contributed by atoms with E-state index >= 15 is 0 Å². The van der Waals surface area contributed by atoms with E-state index in [2.05, 4.69) is 21.8 Å². The van der Waals surface area contributed by atoms with E-state index in [1.807, 2.05) is 0 Å². The highest BCUT2D eigenvalue weighted by molar-refractivity contribution is 5.32. The molecular formula is C12H20N4O2. The first kappa shape index (κ1) is 13.0. The molecule has 100 valence electrons. The Morgan fingerprint density at radius 3 is 3.28 bits per heavy atom. The molecule has 1 unspecified atom stereocenters. The van der Waals surface area contributed by atoms with Crippen LogP contribution in [-0.4, -0.2) is 48.9 Å². The number of hydrogen-bond acceptors (Lipinski definition) is 6. The molecule has 1 saturated heterocycles. The molecule has 1 aliphatic heterocycles. The van der Waals surface area contributed by atoms with Gasteiger partial charge in [0.1, 0.15) is 0 Å². The molecule has 0 radical (unpaired) electrons. The second kappa shape index (κ2) is 6.51. The molecule has 0 amide bonds. The van der Waals surface area contributed by atoms with Gasteiger partial charge in [-0.25, -0.2) is 4.98 Å². The minimum absolute atomic E-state index is 0.0579. The van der Waals surface area contributed by atoms with Crippen LogP contribution in [0.1, 0.15) is 13.3 Å². The van der Waals surface area contributed by atoms with Crippen molar-refractivity contribution in [2.24, 2.45) is 5.73 Å². The summed E-state index contributed by atoms with van der Waals surface area (Å²) in [5.74, 6) is 1.31. The van der Waals surface area contributed by atoms with Gasteiger partial charge in [0, 0.05) is 31.9 Å². The molecule has 0 saturated carbocycles. The van der Waals surface area contributed by atoms with Crippen LogP contribution < -0.4 is 15.4 Å². The van der Waals surface area contributed by atoms with Gasteiger partial charge in [0.15, 0.2) is 0 Å². The van der Waals surface area contributed by atoms with Gasteiger partial charge in [-0.15, -0.1) is 0 Å². The van der Waals surface area contributed by atoms with E-state index in [-0.39, 0.29) is 6.10 Å². The zero-order valence-electron chi connectivity index (χ0n) is 10.7. The zero-order chi connectivity index (χ0) is 12.8. The van der Waals surface area contributed by atoms with Crippen molar-refractivity contribution in [2.75, 3.05) is 37.7 Å². The predicted octanol–water partition coefficient (Wildman–Crippen LogP) is 0.429. The molecule has 1 aromatic rings. The molecule has 0 aliphatic carbocycles. The number of nitrogens with zero attached hydrogens (tertiary/aromatic N) is 3. The van der Waals surface area contributed by atoms with Gasteiger partial charge in [-0.05, 0) is 6.42 Å². The lowest BCUT2D eigenvalue weighted by atomic mass is 10.3. The fourth-order valence-corrected chi connectivity index (χ4v) is 1.82. The Labute approximate surface area is 107 Å². The molecule has 1 fully saturated rings. The summed E-state index contributed by atoms with van der Waals surface area (Å²) in [6, 6.07) is 1.78. The van der Waals surface area contributed by atoms with Gasteiger partial charge in [0.2, 0.25) is 11.8 Å². The van der Waals surface area contributed by atoms with Crippen molar-refractivity contribution in [2.45, 2.75) is 19.4 Å². The highest BCUT2D eigenvalue weighted by atomic mass is 16.5. The van der Waals surface area contributed by atoms with Crippen LogP contribution in [0.2, 0.25) is 0 Å². The minimum atomic E-state index is 0.0579. The standard InChI is InChI=1S/C12H20N4O2/c1-2-6-18-11-3-4-14-12(15-11)16-5-7-17-10(8-13)9-16/h3-4,10H,2,5-9,13H2,1H3. The van der Waals surface area contributed by atoms with Gasteiger partial charge in [-0.2, -0.15) is 4.98 Å². The number of rotatable bonds is 5. The van der Waals surface area contributed by atoms with Crippen LogP contribution in [-0.2, 0) is 4.74 Å². The summed E-state index contributed by atoms with van der Waals surface area (Å²) in [6.45, 7) is 5.43. The molecule has 2 heterocycles. The van der Waals surface area contributed by atoms with Crippen molar-refractivity contribution in [3.63, 3.8) is 0 Å². The molecule has 1 aromatic heterocycles. The van der Waals surface area contributed by atoms with Crippen LogP contribution in [0.4, 0.5) is 5.95 Å². The number of morpholine rings is 1. The first-order valence-corrected chi connectivity index (χ1v) is 6.36. The average Bonchev–Trinajstić information content (AvgIpc) is 2.45.